The SMILES string of the molecule is CC(C)n1nc(-c2ccc3nc(CC4CC4)sc3c2)c2c(N)ncnc21. The lowest BCUT2D eigenvalue weighted by Crippen LogP contribution is -2.04. The van der Waals surface area contributed by atoms with E-state index in [4.69, 9.17) is 15.8 Å². The van der Waals surface area contributed by atoms with Gasteiger partial charge in [0.25, 0.3) is 0 Å². The van der Waals surface area contributed by atoms with E-state index in [2.05, 4.69) is 42.0 Å². The zero-order valence-electron chi connectivity index (χ0n) is 14.8. The van der Waals surface area contributed by atoms with Gasteiger partial charge in [-0.05, 0) is 44.7 Å². The number of hydrogen-bond acceptors (Lipinski definition) is 6. The molecule has 0 saturated heterocycles. The second kappa shape index (κ2) is 5.74. The normalized spacial score (nSPS) is 14.7. The summed E-state index contributed by atoms with van der Waals surface area (Å²) in [4.78, 5) is 13.4. The van der Waals surface area contributed by atoms with Crippen LogP contribution in [0.25, 0.3) is 32.5 Å². The molecule has 7 heteroatoms. The lowest BCUT2D eigenvalue weighted by molar-refractivity contribution is 0.548. The van der Waals surface area contributed by atoms with Crippen LogP contribution in [0.1, 0.15) is 37.7 Å². The molecule has 6 nitrogen and oxygen atoms in total. The monoisotopic (exact) mass is 364 g/mol. The van der Waals surface area contributed by atoms with Crippen LogP contribution >= 0.6 is 11.3 Å². The van der Waals surface area contributed by atoms with Gasteiger partial charge in [-0.2, -0.15) is 5.10 Å². The van der Waals surface area contributed by atoms with E-state index in [1.54, 1.807) is 11.3 Å². The maximum Gasteiger partial charge on any atom is 0.164 e. The van der Waals surface area contributed by atoms with Crippen LogP contribution in [-0.4, -0.2) is 24.7 Å². The average molecular weight is 364 g/mol. The van der Waals surface area contributed by atoms with Crippen molar-refractivity contribution < 1.29 is 0 Å². The molecule has 4 aromatic rings. The van der Waals surface area contributed by atoms with E-state index in [0.717, 1.165) is 40.1 Å². The standard InChI is InChI=1S/C19H20N6S/c1-10(2)25-19-16(18(20)21-9-22-19)17(24-25)12-5-6-13-14(8-12)26-15(23-13)7-11-3-4-11/h5-6,8-11H,3-4,7H2,1-2H3,(H2,20,21,22). The van der Waals surface area contributed by atoms with Crippen LogP contribution in [0.4, 0.5) is 5.82 Å². The first-order chi connectivity index (χ1) is 12.6. The minimum atomic E-state index is 0.192. The summed E-state index contributed by atoms with van der Waals surface area (Å²) in [5.41, 5.74) is 9.88. The van der Waals surface area contributed by atoms with Gasteiger partial charge in [0.15, 0.2) is 5.65 Å². The molecule has 1 aliphatic rings. The number of fused-ring (bicyclic) bond motifs is 2. The molecular formula is C19H20N6S. The molecule has 5 rings (SSSR count). The molecule has 2 N–H and O–H groups in total. The van der Waals surface area contributed by atoms with Crippen molar-refractivity contribution >= 4 is 38.4 Å². The molecule has 0 atom stereocenters. The summed E-state index contributed by atoms with van der Waals surface area (Å²) in [5, 5.41) is 6.87. The quantitative estimate of drug-likeness (QED) is 0.586. The van der Waals surface area contributed by atoms with Crippen molar-refractivity contribution in [3.63, 3.8) is 0 Å². The van der Waals surface area contributed by atoms with Gasteiger partial charge in [-0.1, -0.05) is 6.07 Å². The molecule has 0 aliphatic heterocycles. The summed E-state index contributed by atoms with van der Waals surface area (Å²) in [6.45, 7) is 4.18. The van der Waals surface area contributed by atoms with E-state index in [1.165, 1.54) is 28.9 Å². The fourth-order valence-electron chi connectivity index (χ4n) is 3.33. The third-order valence-corrected chi connectivity index (χ3v) is 5.91. The van der Waals surface area contributed by atoms with Gasteiger partial charge < -0.3 is 5.73 Å². The van der Waals surface area contributed by atoms with Crippen LogP contribution in [0.5, 0.6) is 0 Å². The number of thiazole rings is 1. The lowest BCUT2D eigenvalue weighted by atomic mass is 10.1. The van der Waals surface area contributed by atoms with E-state index in [-0.39, 0.29) is 6.04 Å². The Hall–Kier alpha value is -2.54. The summed E-state index contributed by atoms with van der Waals surface area (Å²) >= 11 is 1.79. The zero-order valence-corrected chi connectivity index (χ0v) is 15.6. The molecule has 3 heterocycles. The molecule has 0 amide bonds. The molecule has 0 spiro atoms. The van der Waals surface area contributed by atoms with Crippen molar-refractivity contribution in [1.82, 2.24) is 24.7 Å². The van der Waals surface area contributed by atoms with Gasteiger partial charge in [-0.3, -0.25) is 0 Å². The smallest absolute Gasteiger partial charge is 0.164 e. The van der Waals surface area contributed by atoms with Crippen molar-refractivity contribution in [1.29, 1.82) is 0 Å². The maximum atomic E-state index is 6.17. The Morgan fingerprint density at radius 3 is 2.88 bits per heavy atom. The summed E-state index contributed by atoms with van der Waals surface area (Å²) in [6.07, 6.45) is 5.30. The number of benzene rings is 1. The molecule has 3 aromatic heterocycles. The van der Waals surface area contributed by atoms with Crippen LogP contribution < -0.4 is 5.73 Å². The third kappa shape index (κ3) is 2.54. The molecule has 0 bridgehead atoms. The number of nitrogens with zero attached hydrogens (tertiary/aromatic N) is 5. The number of rotatable bonds is 4. The first kappa shape index (κ1) is 15.7. The van der Waals surface area contributed by atoms with Gasteiger partial charge in [-0.15, -0.1) is 11.3 Å². The van der Waals surface area contributed by atoms with Crippen LogP contribution in [0.2, 0.25) is 0 Å². The Morgan fingerprint density at radius 1 is 1.27 bits per heavy atom. The van der Waals surface area contributed by atoms with E-state index < -0.39 is 0 Å². The highest BCUT2D eigenvalue weighted by molar-refractivity contribution is 7.18. The zero-order chi connectivity index (χ0) is 17.8. The van der Waals surface area contributed by atoms with Crippen LogP contribution in [0.3, 0.4) is 0 Å². The highest BCUT2D eigenvalue weighted by atomic mass is 32.1. The van der Waals surface area contributed by atoms with Gasteiger partial charge in [0, 0.05) is 18.0 Å². The summed E-state index contributed by atoms with van der Waals surface area (Å²) in [6, 6.07) is 6.51. The van der Waals surface area contributed by atoms with Gasteiger partial charge >= 0.3 is 0 Å². The predicted molar refractivity (Wildman–Crippen MR) is 105 cm³/mol. The minimum absolute atomic E-state index is 0.192. The topological polar surface area (TPSA) is 82.5 Å². The van der Waals surface area contributed by atoms with Crippen LogP contribution in [0.15, 0.2) is 24.5 Å². The molecule has 1 aliphatic carbocycles. The molecule has 132 valence electrons. The minimum Gasteiger partial charge on any atom is -0.383 e. The Labute approximate surface area is 155 Å². The number of anilines is 1. The van der Waals surface area contributed by atoms with Gasteiger partial charge in [0.2, 0.25) is 0 Å². The second-order valence-corrected chi connectivity index (χ2v) is 8.40. The number of hydrogen-bond donors (Lipinski definition) is 1. The summed E-state index contributed by atoms with van der Waals surface area (Å²) < 4.78 is 3.11. The molecule has 26 heavy (non-hydrogen) atoms. The third-order valence-electron chi connectivity index (χ3n) is 4.87. The van der Waals surface area contributed by atoms with E-state index >= 15 is 0 Å². The average Bonchev–Trinajstić information content (AvgIpc) is 3.19. The van der Waals surface area contributed by atoms with Gasteiger partial charge in [0.05, 0.1) is 20.6 Å². The Morgan fingerprint density at radius 2 is 2.12 bits per heavy atom. The Kier molecular flexibility index (Phi) is 3.46. The lowest BCUT2D eigenvalue weighted by Gasteiger charge is -2.05. The fraction of sp³-hybridized carbons (Fsp3) is 0.368. The van der Waals surface area contributed by atoms with Crippen LogP contribution in [-0.2, 0) is 6.42 Å². The van der Waals surface area contributed by atoms with E-state index in [1.807, 2.05) is 4.68 Å². The van der Waals surface area contributed by atoms with Crippen molar-refractivity contribution in [2.75, 3.05) is 5.73 Å². The van der Waals surface area contributed by atoms with Crippen molar-refractivity contribution in [3.05, 3.63) is 29.5 Å². The van der Waals surface area contributed by atoms with Crippen molar-refractivity contribution in [2.24, 2.45) is 5.92 Å². The predicted octanol–water partition coefficient (Wildman–Crippen LogP) is 4.22. The van der Waals surface area contributed by atoms with E-state index in [0.29, 0.717) is 5.82 Å². The molecular weight excluding hydrogens is 344 g/mol. The largest absolute Gasteiger partial charge is 0.383 e. The molecule has 1 saturated carbocycles. The van der Waals surface area contributed by atoms with Crippen molar-refractivity contribution in [3.8, 4) is 11.3 Å². The molecule has 1 fully saturated rings. The number of nitrogen functional groups attached to an aromatic ring is 1. The number of nitrogens with two attached hydrogens (primary N) is 1. The Bertz CT molecular complexity index is 1120. The fourth-order valence-corrected chi connectivity index (χ4v) is 4.45. The summed E-state index contributed by atoms with van der Waals surface area (Å²) in [7, 11) is 0. The van der Waals surface area contributed by atoms with E-state index in [9.17, 15) is 0 Å². The number of aromatic nitrogens is 5. The second-order valence-electron chi connectivity index (χ2n) is 7.28. The van der Waals surface area contributed by atoms with Crippen LogP contribution in [0, 0.1) is 5.92 Å². The summed E-state index contributed by atoms with van der Waals surface area (Å²) in [5.74, 6) is 1.31. The first-order valence-corrected chi connectivity index (χ1v) is 9.80. The highest BCUT2D eigenvalue weighted by Crippen LogP contribution is 2.37. The van der Waals surface area contributed by atoms with Gasteiger partial charge in [-0.25, -0.2) is 19.6 Å². The highest BCUT2D eigenvalue weighted by Gasteiger charge is 2.23. The molecule has 1 aromatic carbocycles. The maximum absolute atomic E-state index is 6.17. The molecule has 0 radical (unpaired) electrons. The van der Waals surface area contributed by atoms with Crippen molar-refractivity contribution in [2.45, 2.75) is 39.2 Å². The Balaban J connectivity index is 1.66. The van der Waals surface area contributed by atoms with Gasteiger partial charge in [0.1, 0.15) is 17.8 Å². The first-order valence-electron chi connectivity index (χ1n) is 8.98. The molecule has 0 unspecified atom stereocenters.